The average Bonchev–Trinajstić information content (AvgIpc) is 2.26. The Morgan fingerprint density at radius 2 is 2.06 bits per heavy atom. The van der Waals surface area contributed by atoms with Crippen molar-refractivity contribution in [3.8, 4) is 0 Å². The van der Waals surface area contributed by atoms with Gasteiger partial charge in [0.15, 0.2) is 0 Å². The molecule has 0 bridgehead atoms. The quantitative estimate of drug-likeness (QED) is 0.849. The SMILES string of the molecule is CC(C)COC(=O)Cc1cc(Br)ccc1C(=O)O. The fourth-order valence-corrected chi connectivity index (χ4v) is 1.79. The van der Waals surface area contributed by atoms with E-state index in [-0.39, 0.29) is 17.9 Å². The number of carboxylic acids is 1. The number of rotatable bonds is 5. The zero-order valence-electron chi connectivity index (χ0n) is 10.3. The molecule has 0 aliphatic rings. The van der Waals surface area contributed by atoms with Crippen LogP contribution in [-0.2, 0) is 16.0 Å². The van der Waals surface area contributed by atoms with Crippen LogP contribution in [0.2, 0.25) is 0 Å². The van der Waals surface area contributed by atoms with Gasteiger partial charge < -0.3 is 9.84 Å². The molecule has 0 spiro atoms. The van der Waals surface area contributed by atoms with E-state index in [1.807, 2.05) is 13.8 Å². The Morgan fingerprint density at radius 3 is 2.61 bits per heavy atom. The van der Waals surface area contributed by atoms with E-state index < -0.39 is 11.9 Å². The highest BCUT2D eigenvalue weighted by Gasteiger charge is 2.14. The molecule has 0 atom stereocenters. The molecule has 1 aromatic carbocycles. The van der Waals surface area contributed by atoms with Crippen LogP contribution in [0.3, 0.4) is 0 Å². The van der Waals surface area contributed by atoms with Crippen LogP contribution in [0.4, 0.5) is 0 Å². The highest BCUT2D eigenvalue weighted by Crippen LogP contribution is 2.18. The third-order valence-corrected chi connectivity index (χ3v) is 2.70. The van der Waals surface area contributed by atoms with Gasteiger partial charge in [0.2, 0.25) is 0 Å². The van der Waals surface area contributed by atoms with Gasteiger partial charge in [0.1, 0.15) is 0 Å². The van der Waals surface area contributed by atoms with Crippen molar-refractivity contribution < 1.29 is 19.4 Å². The second-order valence-corrected chi connectivity index (χ2v) is 5.28. The van der Waals surface area contributed by atoms with E-state index in [9.17, 15) is 9.59 Å². The number of halogens is 1. The average molecular weight is 315 g/mol. The normalized spacial score (nSPS) is 10.4. The second kappa shape index (κ2) is 6.54. The molecule has 0 aliphatic carbocycles. The van der Waals surface area contributed by atoms with E-state index in [4.69, 9.17) is 9.84 Å². The Morgan fingerprint density at radius 1 is 1.39 bits per heavy atom. The van der Waals surface area contributed by atoms with Crippen LogP contribution in [0, 0.1) is 5.92 Å². The van der Waals surface area contributed by atoms with Gasteiger partial charge in [-0.25, -0.2) is 4.79 Å². The Bertz CT molecular complexity index is 454. The Balaban J connectivity index is 2.79. The van der Waals surface area contributed by atoms with Gasteiger partial charge in [-0.15, -0.1) is 0 Å². The van der Waals surface area contributed by atoms with E-state index in [2.05, 4.69) is 15.9 Å². The van der Waals surface area contributed by atoms with Crippen LogP contribution < -0.4 is 0 Å². The zero-order valence-corrected chi connectivity index (χ0v) is 11.9. The molecule has 0 aliphatic heterocycles. The molecular weight excluding hydrogens is 300 g/mol. The van der Waals surface area contributed by atoms with Gasteiger partial charge in [0.05, 0.1) is 18.6 Å². The van der Waals surface area contributed by atoms with Crippen molar-refractivity contribution in [2.24, 2.45) is 5.92 Å². The minimum Gasteiger partial charge on any atom is -0.478 e. The summed E-state index contributed by atoms with van der Waals surface area (Å²) in [6.45, 7) is 4.22. The molecule has 1 N–H and O–H groups in total. The van der Waals surface area contributed by atoms with Crippen molar-refractivity contribution in [3.05, 3.63) is 33.8 Å². The first kappa shape index (κ1) is 14.7. The number of esters is 1. The van der Waals surface area contributed by atoms with Crippen molar-refractivity contribution in [2.45, 2.75) is 20.3 Å². The molecule has 0 amide bonds. The van der Waals surface area contributed by atoms with Gasteiger partial charge in [0.25, 0.3) is 0 Å². The van der Waals surface area contributed by atoms with Crippen LogP contribution in [-0.4, -0.2) is 23.7 Å². The lowest BCUT2D eigenvalue weighted by Crippen LogP contribution is -2.14. The summed E-state index contributed by atoms with van der Waals surface area (Å²) in [6, 6.07) is 4.73. The smallest absolute Gasteiger partial charge is 0.335 e. The fraction of sp³-hybridized carbons (Fsp3) is 0.385. The predicted molar refractivity (Wildman–Crippen MR) is 70.6 cm³/mol. The summed E-state index contributed by atoms with van der Waals surface area (Å²) in [6.07, 6.45) is -0.0339. The summed E-state index contributed by atoms with van der Waals surface area (Å²) in [7, 11) is 0. The number of carboxylic acid groups (broad SMARTS) is 1. The number of aromatic carboxylic acids is 1. The largest absolute Gasteiger partial charge is 0.478 e. The third kappa shape index (κ3) is 4.49. The maximum absolute atomic E-state index is 11.6. The number of hydrogen-bond donors (Lipinski definition) is 1. The molecule has 98 valence electrons. The van der Waals surface area contributed by atoms with Gasteiger partial charge in [-0.05, 0) is 29.7 Å². The zero-order chi connectivity index (χ0) is 13.7. The van der Waals surface area contributed by atoms with E-state index in [1.54, 1.807) is 12.1 Å². The fourth-order valence-electron chi connectivity index (χ4n) is 1.38. The van der Waals surface area contributed by atoms with E-state index in [1.165, 1.54) is 6.07 Å². The molecule has 1 aromatic rings. The molecule has 0 saturated heterocycles. The van der Waals surface area contributed by atoms with Gasteiger partial charge in [0, 0.05) is 4.47 Å². The summed E-state index contributed by atoms with van der Waals surface area (Å²) in [5.74, 6) is -1.20. The van der Waals surface area contributed by atoms with E-state index in [0.717, 1.165) is 4.47 Å². The Labute approximate surface area is 114 Å². The minimum atomic E-state index is -1.05. The molecule has 0 unspecified atom stereocenters. The number of ether oxygens (including phenoxy) is 1. The van der Waals surface area contributed by atoms with E-state index >= 15 is 0 Å². The van der Waals surface area contributed by atoms with Crippen LogP contribution >= 0.6 is 15.9 Å². The van der Waals surface area contributed by atoms with Gasteiger partial charge in [-0.3, -0.25) is 4.79 Å². The predicted octanol–water partition coefficient (Wildman–Crippen LogP) is 2.89. The van der Waals surface area contributed by atoms with Crippen LogP contribution in [0.1, 0.15) is 29.8 Å². The monoisotopic (exact) mass is 314 g/mol. The Hall–Kier alpha value is -1.36. The first-order chi connectivity index (χ1) is 8.40. The standard InChI is InChI=1S/C13H15BrO4/c1-8(2)7-18-12(15)6-9-5-10(14)3-4-11(9)13(16)17/h3-5,8H,6-7H2,1-2H3,(H,16,17). The van der Waals surface area contributed by atoms with Crippen molar-refractivity contribution in [3.63, 3.8) is 0 Å². The molecule has 4 nitrogen and oxygen atoms in total. The maximum Gasteiger partial charge on any atom is 0.335 e. The second-order valence-electron chi connectivity index (χ2n) is 4.36. The molecule has 5 heteroatoms. The van der Waals surface area contributed by atoms with Gasteiger partial charge in [-0.1, -0.05) is 29.8 Å². The van der Waals surface area contributed by atoms with Crippen molar-refractivity contribution in [1.82, 2.24) is 0 Å². The van der Waals surface area contributed by atoms with Crippen molar-refractivity contribution in [1.29, 1.82) is 0 Å². The molecular formula is C13H15BrO4. The molecule has 0 radical (unpaired) electrons. The van der Waals surface area contributed by atoms with Crippen LogP contribution in [0.5, 0.6) is 0 Å². The van der Waals surface area contributed by atoms with Crippen molar-refractivity contribution in [2.75, 3.05) is 6.61 Å². The minimum absolute atomic E-state index is 0.0339. The molecule has 18 heavy (non-hydrogen) atoms. The first-order valence-electron chi connectivity index (χ1n) is 5.57. The third-order valence-electron chi connectivity index (χ3n) is 2.21. The highest BCUT2D eigenvalue weighted by atomic mass is 79.9. The lowest BCUT2D eigenvalue weighted by Gasteiger charge is -2.09. The van der Waals surface area contributed by atoms with Crippen LogP contribution in [0.15, 0.2) is 22.7 Å². The number of hydrogen-bond acceptors (Lipinski definition) is 3. The Kier molecular flexibility index (Phi) is 5.34. The van der Waals surface area contributed by atoms with Gasteiger partial charge in [-0.2, -0.15) is 0 Å². The molecule has 1 rings (SSSR count). The number of benzene rings is 1. The lowest BCUT2D eigenvalue weighted by atomic mass is 10.0. The summed E-state index contributed by atoms with van der Waals surface area (Å²) >= 11 is 3.25. The number of carbonyl (C=O) groups excluding carboxylic acids is 1. The lowest BCUT2D eigenvalue weighted by molar-refractivity contribution is -0.143. The summed E-state index contributed by atoms with van der Waals surface area (Å²) in [5, 5.41) is 9.02. The molecule has 0 fully saturated rings. The summed E-state index contributed by atoms with van der Waals surface area (Å²) < 4.78 is 5.77. The first-order valence-corrected chi connectivity index (χ1v) is 6.36. The summed E-state index contributed by atoms with van der Waals surface area (Å²) in [5.41, 5.74) is 0.574. The van der Waals surface area contributed by atoms with Crippen molar-refractivity contribution >= 4 is 27.9 Å². The highest BCUT2D eigenvalue weighted by molar-refractivity contribution is 9.10. The molecule has 0 saturated carbocycles. The topological polar surface area (TPSA) is 63.6 Å². The summed E-state index contributed by atoms with van der Waals surface area (Å²) in [4.78, 5) is 22.6. The molecule has 0 heterocycles. The number of carbonyl (C=O) groups is 2. The maximum atomic E-state index is 11.6. The van der Waals surface area contributed by atoms with Gasteiger partial charge >= 0.3 is 11.9 Å². The van der Waals surface area contributed by atoms with E-state index in [0.29, 0.717) is 12.2 Å². The molecule has 0 aromatic heterocycles. The van der Waals surface area contributed by atoms with Crippen LogP contribution in [0.25, 0.3) is 0 Å².